The van der Waals surface area contributed by atoms with Gasteiger partial charge in [-0.25, -0.2) is 9.97 Å². The number of anilines is 2. The van der Waals surface area contributed by atoms with E-state index in [0.29, 0.717) is 26.6 Å². The predicted octanol–water partition coefficient (Wildman–Crippen LogP) is 6.24. The van der Waals surface area contributed by atoms with Gasteiger partial charge in [0, 0.05) is 28.5 Å². The molecule has 9 heteroatoms. The topological polar surface area (TPSA) is 87.1 Å². The molecule has 4 rings (SSSR count). The molecular weight excluding hydrogens is 479 g/mol. The Morgan fingerprint density at radius 1 is 1.12 bits per heavy atom. The lowest BCUT2D eigenvalue weighted by atomic mass is 10.1. The van der Waals surface area contributed by atoms with Crippen LogP contribution in [0.4, 0.5) is 11.6 Å². The smallest absolute Gasteiger partial charge is 0.261 e. The van der Waals surface area contributed by atoms with Gasteiger partial charge in [0.1, 0.15) is 0 Å². The minimum absolute atomic E-state index is 0.204. The van der Waals surface area contributed by atoms with E-state index < -0.39 is 6.10 Å². The largest absolute Gasteiger partial charge is 0.389 e. The van der Waals surface area contributed by atoms with Crippen LogP contribution in [0.2, 0.25) is 10.0 Å². The summed E-state index contributed by atoms with van der Waals surface area (Å²) < 4.78 is 0. The molecule has 0 fully saturated rings. The first-order valence-corrected chi connectivity index (χ1v) is 11.7. The van der Waals surface area contributed by atoms with Gasteiger partial charge in [-0.1, -0.05) is 35.3 Å². The number of carbonyl (C=O) groups excluding carboxylic acids is 1. The highest BCUT2D eigenvalue weighted by atomic mass is 35.5. The number of benzene rings is 2. The third kappa shape index (κ3) is 5.89. The fourth-order valence-electron chi connectivity index (χ4n) is 3.10. The fraction of sp³-hybridized carbons (Fsp3) is 0.125. The minimum atomic E-state index is -0.565. The summed E-state index contributed by atoms with van der Waals surface area (Å²) >= 11 is 13.5. The van der Waals surface area contributed by atoms with Crippen molar-refractivity contribution >= 4 is 52.1 Å². The number of amides is 1. The first-order valence-electron chi connectivity index (χ1n) is 10.1. The van der Waals surface area contributed by atoms with Crippen LogP contribution in [-0.4, -0.2) is 21.0 Å². The van der Waals surface area contributed by atoms with Crippen LogP contribution in [0.15, 0.2) is 66.9 Å². The lowest BCUT2D eigenvalue weighted by Crippen LogP contribution is -2.21. The number of nitrogens with one attached hydrogen (secondary N) is 2. The predicted molar refractivity (Wildman–Crippen MR) is 133 cm³/mol. The molecule has 2 heterocycles. The molecule has 3 N–H and O–H groups in total. The molecule has 33 heavy (non-hydrogen) atoms. The van der Waals surface area contributed by atoms with Crippen LogP contribution in [-0.2, 0) is 6.54 Å². The van der Waals surface area contributed by atoms with Crippen LogP contribution in [0.25, 0.3) is 10.6 Å². The lowest BCUT2D eigenvalue weighted by Gasteiger charge is -2.09. The fourth-order valence-corrected chi connectivity index (χ4v) is 4.37. The van der Waals surface area contributed by atoms with Gasteiger partial charge in [0.25, 0.3) is 5.91 Å². The number of carbonyl (C=O) groups is 1. The molecule has 2 aromatic heterocycles. The highest BCUT2D eigenvalue weighted by Gasteiger charge is 2.13. The molecule has 0 spiro atoms. The lowest BCUT2D eigenvalue weighted by molar-refractivity contribution is 0.0955. The first-order chi connectivity index (χ1) is 15.9. The van der Waals surface area contributed by atoms with E-state index in [0.717, 1.165) is 21.7 Å². The summed E-state index contributed by atoms with van der Waals surface area (Å²) in [6, 6.07) is 18.0. The molecule has 0 saturated carbocycles. The molecule has 6 nitrogen and oxygen atoms in total. The molecular formula is C24H20Cl2N4O2S. The van der Waals surface area contributed by atoms with E-state index in [2.05, 4.69) is 20.6 Å². The standard InChI is InChI=1S/C24H20Cl2N4O2S/c1-14(31)15-3-2-4-18(12-15)29-24-27-10-9-20(30-24)21-7-8-22(33-21)23(32)28-13-16-11-17(25)5-6-19(16)26/h2-12,14,31H,13H2,1H3,(H,28,32)(H,27,29,30). The SMILES string of the molecule is CC(O)c1cccc(Nc2nccc(-c3ccc(C(=O)NCc4cc(Cl)ccc4Cl)s3)n2)c1. The molecule has 2 aromatic carbocycles. The van der Waals surface area contributed by atoms with Crippen molar-refractivity contribution in [1.82, 2.24) is 15.3 Å². The van der Waals surface area contributed by atoms with Gasteiger partial charge in [0.15, 0.2) is 0 Å². The van der Waals surface area contributed by atoms with Gasteiger partial charge in [0.2, 0.25) is 5.95 Å². The maximum absolute atomic E-state index is 12.6. The zero-order valence-corrected chi connectivity index (χ0v) is 19.9. The van der Waals surface area contributed by atoms with Crippen molar-refractivity contribution in [2.45, 2.75) is 19.6 Å². The zero-order valence-electron chi connectivity index (χ0n) is 17.5. The molecule has 0 saturated heterocycles. The van der Waals surface area contributed by atoms with Gasteiger partial charge in [-0.05, 0) is 66.6 Å². The quantitative estimate of drug-likeness (QED) is 0.280. The molecule has 4 aromatic rings. The van der Waals surface area contributed by atoms with Gasteiger partial charge >= 0.3 is 0 Å². The van der Waals surface area contributed by atoms with Crippen LogP contribution < -0.4 is 10.6 Å². The highest BCUT2D eigenvalue weighted by Crippen LogP contribution is 2.28. The molecule has 0 aliphatic carbocycles. The second-order valence-corrected chi connectivity index (χ2v) is 9.20. The zero-order chi connectivity index (χ0) is 23.4. The Kier molecular flexibility index (Phi) is 7.25. The van der Waals surface area contributed by atoms with Crippen molar-refractivity contribution in [2.75, 3.05) is 5.32 Å². The Balaban J connectivity index is 1.45. The molecule has 0 aliphatic rings. The normalized spacial score (nSPS) is 11.8. The number of thiophene rings is 1. The van der Waals surface area contributed by atoms with E-state index >= 15 is 0 Å². The van der Waals surface area contributed by atoms with E-state index in [1.165, 1.54) is 11.3 Å². The van der Waals surface area contributed by atoms with Gasteiger partial charge in [0.05, 0.1) is 21.6 Å². The number of hydrogen-bond acceptors (Lipinski definition) is 6. The van der Waals surface area contributed by atoms with E-state index in [4.69, 9.17) is 23.2 Å². The number of hydrogen-bond donors (Lipinski definition) is 3. The van der Waals surface area contributed by atoms with E-state index in [-0.39, 0.29) is 12.5 Å². The van der Waals surface area contributed by atoms with Gasteiger partial charge in [-0.2, -0.15) is 0 Å². The number of rotatable bonds is 7. The van der Waals surface area contributed by atoms with Crippen molar-refractivity contribution in [1.29, 1.82) is 0 Å². The first kappa shape index (κ1) is 23.2. The second kappa shape index (κ2) is 10.3. The monoisotopic (exact) mass is 498 g/mol. The molecule has 168 valence electrons. The maximum atomic E-state index is 12.6. The second-order valence-electron chi connectivity index (χ2n) is 7.27. The van der Waals surface area contributed by atoms with Gasteiger partial charge in [-0.3, -0.25) is 4.79 Å². The summed E-state index contributed by atoms with van der Waals surface area (Å²) in [6.45, 7) is 1.99. The molecule has 1 unspecified atom stereocenters. The van der Waals surface area contributed by atoms with Gasteiger partial charge in [-0.15, -0.1) is 11.3 Å². The van der Waals surface area contributed by atoms with E-state index in [1.54, 1.807) is 43.5 Å². The average molecular weight is 499 g/mol. The number of aliphatic hydroxyl groups is 1. The Labute approximate surface area is 205 Å². The van der Waals surface area contributed by atoms with Crippen LogP contribution in [0.5, 0.6) is 0 Å². The summed E-state index contributed by atoms with van der Waals surface area (Å²) in [5.41, 5.74) is 3.02. The Bertz CT molecular complexity index is 1290. The maximum Gasteiger partial charge on any atom is 0.261 e. The summed E-state index contributed by atoms with van der Waals surface area (Å²) in [5.74, 6) is 0.217. The number of halogens is 2. The Morgan fingerprint density at radius 2 is 1.97 bits per heavy atom. The van der Waals surface area contributed by atoms with Crippen LogP contribution >= 0.6 is 34.5 Å². The third-order valence-corrected chi connectivity index (χ3v) is 6.52. The molecule has 0 aliphatic heterocycles. The van der Waals surface area contributed by atoms with Crippen molar-refractivity contribution in [3.63, 3.8) is 0 Å². The summed E-state index contributed by atoms with van der Waals surface area (Å²) in [4.78, 5) is 22.8. The highest BCUT2D eigenvalue weighted by molar-refractivity contribution is 7.17. The van der Waals surface area contributed by atoms with Crippen LogP contribution in [0.3, 0.4) is 0 Å². The van der Waals surface area contributed by atoms with Crippen LogP contribution in [0, 0.1) is 0 Å². The van der Waals surface area contributed by atoms with E-state index in [9.17, 15) is 9.90 Å². The summed E-state index contributed by atoms with van der Waals surface area (Å²) in [5, 5.41) is 16.9. The molecule has 1 amide bonds. The Morgan fingerprint density at radius 3 is 2.79 bits per heavy atom. The van der Waals surface area contributed by atoms with Crippen molar-refractivity contribution < 1.29 is 9.90 Å². The molecule has 0 radical (unpaired) electrons. The third-order valence-electron chi connectivity index (χ3n) is 4.81. The molecule has 1 atom stereocenters. The Hall–Kier alpha value is -2.97. The molecule has 0 bridgehead atoms. The van der Waals surface area contributed by atoms with Gasteiger partial charge < -0.3 is 15.7 Å². The van der Waals surface area contributed by atoms with Crippen molar-refractivity contribution in [3.8, 4) is 10.6 Å². The average Bonchev–Trinajstić information content (AvgIpc) is 3.30. The van der Waals surface area contributed by atoms with Crippen molar-refractivity contribution in [3.05, 3.63) is 92.9 Å². The number of aromatic nitrogens is 2. The summed E-state index contributed by atoms with van der Waals surface area (Å²) in [6.07, 6.45) is 1.09. The summed E-state index contributed by atoms with van der Waals surface area (Å²) in [7, 11) is 0. The number of aliphatic hydroxyl groups excluding tert-OH is 1. The van der Waals surface area contributed by atoms with Crippen LogP contribution in [0.1, 0.15) is 33.8 Å². The number of nitrogens with zero attached hydrogens (tertiary/aromatic N) is 2. The minimum Gasteiger partial charge on any atom is -0.389 e. The van der Waals surface area contributed by atoms with Crippen molar-refractivity contribution in [2.24, 2.45) is 0 Å². The van der Waals surface area contributed by atoms with E-state index in [1.807, 2.05) is 30.3 Å².